The quantitative estimate of drug-likeness (QED) is 0.0268. The summed E-state index contributed by atoms with van der Waals surface area (Å²) in [6, 6.07) is 0. The molecular weight excluding hydrogens is 660 g/mol. The van der Waals surface area contributed by atoms with Gasteiger partial charge in [-0.3, -0.25) is 9.59 Å². The first kappa shape index (κ1) is 52.0. The maximum Gasteiger partial charge on any atom is 1.00 e. The first-order chi connectivity index (χ1) is 23.8. The SMILES string of the molecule is CCCCCCCCCCCCCCCCCCOC(=O)CCC(C(=O)OCCCCCCCCCCCCCCCCCC)S(=O)(=O)[O-].[Na+]. The number of hydrogen-bond acceptors (Lipinski definition) is 7. The van der Waals surface area contributed by atoms with Crippen LogP contribution in [0.5, 0.6) is 0 Å². The van der Waals surface area contributed by atoms with Gasteiger partial charge in [0.05, 0.1) is 13.2 Å². The van der Waals surface area contributed by atoms with Crippen LogP contribution in [-0.2, 0) is 29.2 Å². The fraction of sp³-hybridized carbons (Fsp3) is 0.951. The van der Waals surface area contributed by atoms with E-state index in [9.17, 15) is 22.6 Å². The van der Waals surface area contributed by atoms with Crippen molar-refractivity contribution >= 4 is 22.1 Å². The van der Waals surface area contributed by atoms with Crippen molar-refractivity contribution < 1.29 is 61.6 Å². The van der Waals surface area contributed by atoms with Gasteiger partial charge in [-0.1, -0.05) is 206 Å². The molecule has 292 valence electrons. The standard InChI is InChI=1S/C41H80O7S.Na/c1-3-5-7-9-11-13-15-17-19-21-23-25-27-29-31-33-37-47-40(42)36-35-39(49(44,45)46)41(43)48-38-34-32-30-28-26-24-22-20-18-16-14-12-10-8-6-4-2;/h39H,3-38H2,1-2H3,(H,44,45,46);/q;+1/p-1. The third-order valence-corrected chi connectivity index (χ3v) is 10.9. The summed E-state index contributed by atoms with van der Waals surface area (Å²) in [5, 5.41) is -1.86. The molecule has 0 fully saturated rings. The Kier molecular flexibility index (Phi) is 41.6. The number of unbranched alkanes of at least 4 members (excludes halogenated alkanes) is 30. The van der Waals surface area contributed by atoms with Gasteiger partial charge in [-0.15, -0.1) is 0 Å². The van der Waals surface area contributed by atoms with Crippen LogP contribution in [-0.4, -0.2) is 43.4 Å². The van der Waals surface area contributed by atoms with Crippen molar-refractivity contribution in [1.82, 2.24) is 0 Å². The molecule has 0 heterocycles. The number of hydrogen-bond donors (Lipinski definition) is 0. The Labute approximate surface area is 332 Å². The van der Waals surface area contributed by atoms with Crippen LogP contribution in [0.1, 0.15) is 232 Å². The third-order valence-electron chi connectivity index (χ3n) is 9.73. The van der Waals surface area contributed by atoms with Crippen molar-refractivity contribution in [2.45, 2.75) is 237 Å². The zero-order valence-corrected chi connectivity index (χ0v) is 36.1. The molecule has 1 atom stereocenters. The van der Waals surface area contributed by atoms with Crippen LogP contribution in [0.3, 0.4) is 0 Å². The Morgan fingerprint density at radius 2 is 0.720 bits per heavy atom. The van der Waals surface area contributed by atoms with Crippen molar-refractivity contribution in [2.24, 2.45) is 0 Å². The van der Waals surface area contributed by atoms with Crippen LogP contribution < -0.4 is 29.6 Å². The molecule has 9 heteroatoms. The summed E-state index contributed by atoms with van der Waals surface area (Å²) in [7, 11) is -4.92. The van der Waals surface area contributed by atoms with Gasteiger partial charge in [0.2, 0.25) is 0 Å². The summed E-state index contributed by atoms with van der Waals surface area (Å²) in [5.74, 6) is -1.64. The van der Waals surface area contributed by atoms with E-state index in [0.717, 1.165) is 38.5 Å². The minimum atomic E-state index is -4.92. The summed E-state index contributed by atoms with van der Waals surface area (Å²) < 4.78 is 45.4. The molecule has 0 aliphatic heterocycles. The van der Waals surface area contributed by atoms with Crippen molar-refractivity contribution in [3.05, 3.63) is 0 Å². The van der Waals surface area contributed by atoms with E-state index in [0.29, 0.717) is 6.42 Å². The molecule has 0 spiro atoms. The number of carbonyl (C=O) groups excluding carboxylic acids is 2. The van der Waals surface area contributed by atoms with Crippen LogP contribution in [0, 0.1) is 0 Å². The Balaban J connectivity index is 0. The summed E-state index contributed by atoms with van der Waals surface area (Å²) in [6.45, 7) is 4.88. The van der Waals surface area contributed by atoms with Gasteiger partial charge in [-0.2, -0.15) is 0 Å². The third kappa shape index (κ3) is 37.6. The molecule has 0 amide bonds. The van der Waals surface area contributed by atoms with Crippen molar-refractivity contribution in [3.63, 3.8) is 0 Å². The van der Waals surface area contributed by atoms with Crippen LogP contribution in [0.25, 0.3) is 0 Å². The topological polar surface area (TPSA) is 110 Å². The molecule has 0 rings (SSSR count). The molecule has 50 heavy (non-hydrogen) atoms. The molecule has 7 nitrogen and oxygen atoms in total. The van der Waals surface area contributed by atoms with Gasteiger partial charge in [-0.25, -0.2) is 8.42 Å². The second kappa shape index (κ2) is 40.0. The molecule has 0 radical (unpaired) electrons. The van der Waals surface area contributed by atoms with Crippen LogP contribution in [0.2, 0.25) is 0 Å². The van der Waals surface area contributed by atoms with E-state index in [2.05, 4.69) is 13.8 Å². The Bertz CT molecular complexity index is 837. The van der Waals surface area contributed by atoms with Gasteiger partial charge in [0.15, 0.2) is 0 Å². The smallest absolute Gasteiger partial charge is 0.747 e. The monoisotopic (exact) mass is 739 g/mol. The molecule has 0 aliphatic carbocycles. The Hall–Kier alpha value is -0.150. The second-order valence-electron chi connectivity index (χ2n) is 14.5. The van der Waals surface area contributed by atoms with Crippen molar-refractivity contribution in [2.75, 3.05) is 13.2 Å². The molecule has 0 aliphatic rings. The van der Waals surface area contributed by atoms with E-state index in [-0.39, 0.29) is 49.2 Å². The second-order valence-corrected chi connectivity index (χ2v) is 16.1. The zero-order chi connectivity index (χ0) is 36.1. The van der Waals surface area contributed by atoms with Gasteiger partial charge in [0.25, 0.3) is 0 Å². The van der Waals surface area contributed by atoms with Gasteiger partial charge in [0.1, 0.15) is 15.4 Å². The number of carbonyl (C=O) groups is 2. The molecular formula is C41H79NaO7S. The van der Waals surface area contributed by atoms with Crippen LogP contribution in [0.15, 0.2) is 0 Å². The first-order valence-electron chi connectivity index (χ1n) is 21.1. The molecule has 0 N–H and O–H groups in total. The van der Waals surface area contributed by atoms with E-state index < -0.39 is 33.7 Å². The largest absolute Gasteiger partial charge is 1.00 e. The van der Waals surface area contributed by atoms with E-state index >= 15 is 0 Å². The summed E-state index contributed by atoms with van der Waals surface area (Å²) >= 11 is 0. The molecule has 0 saturated carbocycles. The fourth-order valence-corrected chi connectivity index (χ4v) is 7.16. The van der Waals surface area contributed by atoms with E-state index in [4.69, 9.17) is 9.47 Å². The fourth-order valence-electron chi connectivity index (χ4n) is 6.45. The normalized spacial score (nSPS) is 12.1. The molecule has 1 unspecified atom stereocenters. The van der Waals surface area contributed by atoms with Crippen molar-refractivity contribution in [1.29, 1.82) is 0 Å². The van der Waals surface area contributed by atoms with Gasteiger partial charge in [-0.05, 0) is 19.3 Å². The van der Waals surface area contributed by atoms with E-state index in [1.165, 1.54) is 161 Å². The zero-order valence-electron chi connectivity index (χ0n) is 33.3. The predicted octanol–water partition coefficient (Wildman–Crippen LogP) is 9.29. The first-order valence-corrected chi connectivity index (χ1v) is 22.6. The Morgan fingerprint density at radius 1 is 0.460 bits per heavy atom. The molecule has 0 aromatic heterocycles. The summed E-state index contributed by atoms with van der Waals surface area (Å²) in [6.07, 6.45) is 39.3. The van der Waals surface area contributed by atoms with Gasteiger partial charge in [0, 0.05) is 6.42 Å². The minimum absolute atomic E-state index is 0. The van der Waals surface area contributed by atoms with Crippen LogP contribution >= 0.6 is 0 Å². The Morgan fingerprint density at radius 3 is 1.00 bits per heavy atom. The molecule has 0 saturated heterocycles. The van der Waals surface area contributed by atoms with E-state index in [1.807, 2.05) is 0 Å². The maximum atomic E-state index is 12.3. The number of esters is 2. The average Bonchev–Trinajstić information content (AvgIpc) is 3.07. The molecule has 0 aromatic carbocycles. The summed E-state index contributed by atoms with van der Waals surface area (Å²) in [5.41, 5.74) is 0. The number of rotatable bonds is 39. The summed E-state index contributed by atoms with van der Waals surface area (Å²) in [4.78, 5) is 24.4. The predicted molar refractivity (Wildman–Crippen MR) is 204 cm³/mol. The van der Waals surface area contributed by atoms with Crippen molar-refractivity contribution in [3.8, 4) is 0 Å². The molecule has 0 bridgehead atoms. The molecule has 0 aromatic rings. The van der Waals surface area contributed by atoms with Crippen LogP contribution in [0.4, 0.5) is 0 Å². The van der Waals surface area contributed by atoms with Gasteiger partial charge < -0.3 is 14.0 Å². The average molecular weight is 739 g/mol. The van der Waals surface area contributed by atoms with E-state index in [1.54, 1.807) is 0 Å². The van der Waals surface area contributed by atoms with Gasteiger partial charge >= 0.3 is 41.5 Å². The number of ether oxygens (including phenoxy) is 2. The minimum Gasteiger partial charge on any atom is -0.747 e. The maximum absolute atomic E-state index is 12.3.